The molecule has 0 aromatic heterocycles. The Morgan fingerprint density at radius 2 is 2.00 bits per heavy atom. The van der Waals surface area contributed by atoms with Gasteiger partial charge in [-0.1, -0.05) is 29.8 Å². The zero-order valence-electron chi connectivity index (χ0n) is 11.9. The van der Waals surface area contributed by atoms with E-state index in [1.54, 1.807) is 0 Å². The van der Waals surface area contributed by atoms with Gasteiger partial charge < -0.3 is 10.6 Å². The second kappa shape index (κ2) is 6.20. The number of rotatable bonds is 3. The van der Waals surface area contributed by atoms with Gasteiger partial charge in [0.05, 0.1) is 0 Å². The fourth-order valence-electron chi connectivity index (χ4n) is 2.84. The Labute approximate surface area is 115 Å². The van der Waals surface area contributed by atoms with Crippen LogP contribution in [0.25, 0.3) is 0 Å². The predicted octanol–water partition coefficient (Wildman–Crippen LogP) is 2.47. The molecule has 1 aliphatic rings. The van der Waals surface area contributed by atoms with E-state index < -0.39 is 0 Å². The Kier molecular flexibility index (Phi) is 4.59. The van der Waals surface area contributed by atoms with Crippen LogP contribution < -0.4 is 5.73 Å². The van der Waals surface area contributed by atoms with Crippen molar-refractivity contribution < 1.29 is 4.79 Å². The third-order valence-electron chi connectivity index (χ3n) is 4.00. The van der Waals surface area contributed by atoms with E-state index in [1.165, 1.54) is 11.1 Å². The summed E-state index contributed by atoms with van der Waals surface area (Å²) >= 11 is 0. The normalized spacial score (nSPS) is 23.1. The van der Waals surface area contributed by atoms with Crippen LogP contribution in [0.3, 0.4) is 0 Å². The van der Waals surface area contributed by atoms with E-state index in [4.69, 9.17) is 5.73 Å². The summed E-state index contributed by atoms with van der Waals surface area (Å²) in [6.07, 6.45) is 3.85. The van der Waals surface area contributed by atoms with Crippen molar-refractivity contribution in [2.75, 3.05) is 7.05 Å². The van der Waals surface area contributed by atoms with Gasteiger partial charge in [0, 0.05) is 25.6 Å². The number of benzene rings is 1. The van der Waals surface area contributed by atoms with Gasteiger partial charge in [-0.15, -0.1) is 0 Å². The van der Waals surface area contributed by atoms with Gasteiger partial charge in [0.1, 0.15) is 0 Å². The first-order valence-electron chi connectivity index (χ1n) is 7.12. The lowest BCUT2D eigenvalue weighted by Gasteiger charge is -2.29. The summed E-state index contributed by atoms with van der Waals surface area (Å²) in [7, 11) is 1.90. The van der Waals surface area contributed by atoms with E-state index in [2.05, 4.69) is 25.1 Å². The molecule has 1 aromatic carbocycles. The molecule has 19 heavy (non-hydrogen) atoms. The van der Waals surface area contributed by atoms with Crippen LogP contribution in [0.2, 0.25) is 0 Å². The number of hydrogen-bond donors (Lipinski definition) is 1. The molecule has 104 valence electrons. The molecule has 1 saturated carbocycles. The highest BCUT2D eigenvalue weighted by Crippen LogP contribution is 2.25. The number of hydrogen-bond acceptors (Lipinski definition) is 2. The fourth-order valence-corrected chi connectivity index (χ4v) is 2.84. The Balaban J connectivity index is 1.92. The van der Waals surface area contributed by atoms with Gasteiger partial charge in [0.2, 0.25) is 5.91 Å². The topological polar surface area (TPSA) is 46.3 Å². The molecule has 1 amide bonds. The second-order valence-electron chi connectivity index (χ2n) is 5.80. The highest BCUT2D eigenvalue weighted by Gasteiger charge is 2.26. The summed E-state index contributed by atoms with van der Waals surface area (Å²) in [6, 6.07) is 8.64. The smallest absolute Gasteiger partial charge is 0.225 e. The minimum Gasteiger partial charge on any atom is -0.341 e. The van der Waals surface area contributed by atoms with Crippen molar-refractivity contribution in [2.45, 2.75) is 45.2 Å². The van der Waals surface area contributed by atoms with Crippen molar-refractivity contribution in [3.8, 4) is 0 Å². The lowest BCUT2D eigenvalue weighted by Crippen LogP contribution is -2.37. The molecule has 1 fully saturated rings. The molecule has 0 heterocycles. The van der Waals surface area contributed by atoms with Gasteiger partial charge in [-0.2, -0.15) is 0 Å². The molecule has 3 nitrogen and oxygen atoms in total. The Hall–Kier alpha value is -1.35. The fraction of sp³-hybridized carbons (Fsp3) is 0.562. The van der Waals surface area contributed by atoms with Crippen molar-refractivity contribution >= 4 is 5.91 Å². The molecule has 1 aliphatic carbocycles. The average molecular weight is 260 g/mol. The largest absolute Gasteiger partial charge is 0.341 e. The second-order valence-corrected chi connectivity index (χ2v) is 5.80. The SMILES string of the molecule is Cc1cccc(CN(C)C(=O)C2CCC(N)CC2)c1. The van der Waals surface area contributed by atoms with Crippen molar-refractivity contribution in [1.82, 2.24) is 4.90 Å². The van der Waals surface area contributed by atoms with Gasteiger partial charge in [-0.05, 0) is 38.2 Å². The third-order valence-corrected chi connectivity index (χ3v) is 4.00. The van der Waals surface area contributed by atoms with Crippen molar-refractivity contribution in [3.63, 3.8) is 0 Å². The summed E-state index contributed by atoms with van der Waals surface area (Å²) in [5.41, 5.74) is 8.32. The van der Waals surface area contributed by atoms with Gasteiger partial charge in [-0.3, -0.25) is 4.79 Å². The molecule has 1 aromatic rings. The number of carbonyl (C=O) groups excluding carboxylic acids is 1. The minimum atomic E-state index is 0.176. The summed E-state index contributed by atoms with van der Waals surface area (Å²) in [4.78, 5) is 14.2. The minimum absolute atomic E-state index is 0.176. The van der Waals surface area contributed by atoms with Crippen molar-refractivity contribution in [3.05, 3.63) is 35.4 Å². The first kappa shape index (κ1) is 14.1. The molecule has 3 heteroatoms. The van der Waals surface area contributed by atoms with Crippen LogP contribution in [0.15, 0.2) is 24.3 Å². The average Bonchev–Trinajstić information content (AvgIpc) is 2.39. The molecule has 2 N–H and O–H groups in total. The van der Waals surface area contributed by atoms with Crippen molar-refractivity contribution in [1.29, 1.82) is 0 Å². The third kappa shape index (κ3) is 3.80. The van der Waals surface area contributed by atoms with E-state index in [1.807, 2.05) is 18.0 Å². The van der Waals surface area contributed by atoms with Gasteiger partial charge in [0.15, 0.2) is 0 Å². The molecule has 2 rings (SSSR count). The Morgan fingerprint density at radius 3 is 2.63 bits per heavy atom. The van der Waals surface area contributed by atoms with Crippen LogP contribution in [-0.4, -0.2) is 23.9 Å². The maximum absolute atomic E-state index is 12.4. The quantitative estimate of drug-likeness (QED) is 0.907. The molecule has 0 saturated heterocycles. The summed E-state index contributed by atoms with van der Waals surface area (Å²) in [6.45, 7) is 2.77. The van der Waals surface area contributed by atoms with Crippen LogP contribution in [-0.2, 0) is 11.3 Å². The molecule has 0 aliphatic heterocycles. The zero-order chi connectivity index (χ0) is 13.8. The molecule has 0 spiro atoms. The predicted molar refractivity (Wildman–Crippen MR) is 77.6 cm³/mol. The monoisotopic (exact) mass is 260 g/mol. The standard InChI is InChI=1S/C16H24N2O/c1-12-4-3-5-13(10-12)11-18(2)16(19)14-6-8-15(17)9-7-14/h3-5,10,14-15H,6-9,11,17H2,1-2H3. The van der Waals surface area contributed by atoms with Gasteiger partial charge in [0.25, 0.3) is 0 Å². The lowest BCUT2D eigenvalue weighted by atomic mass is 9.85. The van der Waals surface area contributed by atoms with E-state index >= 15 is 0 Å². The summed E-state index contributed by atoms with van der Waals surface area (Å²) in [5, 5.41) is 0. The first-order chi connectivity index (χ1) is 9.06. The van der Waals surface area contributed by atoms with Crippen LogP contribution in [0.5, 0.6) is 0 Å². The number of aryl methyl sites for hydroxylation is 1. The zero-order valence-corrected chi connectivity index (χ0v) is 11.9. The van der Waals surface area contributed by atoms with Crippen molar-refractivity contribution in [2.24, 2.45) is 11.7 Å². The number of nitrogens with two attached hydrogens (primary N) is 1. The summed E-state index contributed by atoms with van der Waals surface area (Å²) in [5.74, 6) is 0.447. The first-order valence-corrected chi connectivity index (χ1v) is 7.12. The summed E-state index contributed by atoms with van der Waals surface area (Å²) < 4.78 is 0. The molecule has 0 bridgehead atoms. The van der Waals surface area contributed by atoms with E-state index in [-0.39, 0.29) is 11.8 Å². The number of nitrogens with zero attached hydrogens (tertiary/aromatic N) is 1. The Morgan fingerprint density at radius 1 is 1.32 bits per heavy atom. The maximum atomic E-state index is 12.4. The van der Waals surface area contributed by atoms with Crippen LogP contribution in [0.1, 0.15) is 36.8 Å². The van der Waals surface area contributed by atoms with E-state index in [0.29, 0.717) is 12.6 Å². The van der Waals surface area contributed by atoms with E-state index in [0.717, 1.165) is 25.7 Å². The number of carbonyl (C=O) groups is 1. The lowest BCUT2D eigenvalue weighted by molar-refractivity contribution is -0.135. The molecular formula is C16H24N2O. The van der Waals surface area contributed by atoms with E-state index in [9.17, 15) is 4.79 Å². The maximum Gasteiger partial charge on any atom is 0.225 e. The molecule has 0 unspecified atom stereocenters. The molecular weight excluding hydrogens is 236 g/mol. The van der Waals surface area contributed by atoms with Crippen LogP contribution in [0.4, 0.5) is 0 Å². The highest BCUT2D eigenvalue weighted by molar-refractivity contribution is 5.78. The molecule has 0 radical (unpaired) electrons. The van der Waals surface area contributed by atoms with Crippen LogP contribution >= 0.6 is 0 Å². The Bertz CT molecular complexity index is 436. The van der Waals surface area contributed by atoms with Crippen LogP contribution in [0, 0.1) is 12.8 Å². The highest BCUT2D eigenvalue weighted by atomic mass is 16.2. The van der Waals surface area contributed by atoms with Gasteiger partial charge in [-0.25, -0.2) is 0 Å². The number of amides is 1. The van der Waals surface area contributed by atoms with Gasteiger partial charge >= 0.3 is 0 Å². The molecule has 0 atom stereocenters.